The molecule has 0 bridgehead atoms. The average Bonchev–Trinajstić information content (AvgIpc) is 3.55. The van der Waals surface area contributed by atoms with E-state index in [1.165, 1.54) is 17.7 Å². The molecule has 0 unspecified atom stereocenters. The second-order valence-electron chi connectivity index (χ2n) is 11.1. The van der Waals surface area contributed by atoms with Gasteiger partial charge in [-0.2, -0.15) is 15.1 Å². The Morgan fingerprint density at radius 1 is 1.10 bits per heavy atom. The molecule has 0 saturated carbocycles. The maximum atomic E-state index is 13.0. The van der Waals surface area contributed by atoms with Crippen LogP contribution in [0, 0.1) is 0 Å². The Balaban J connectivity index is 1.25. The lowest BCUT2D eigenvalue weighted by molar-refractivity contribution is 0.0316. The van der Waals surface area contributed by atoms with Gasteiger partial charge in [0.2, 0.25) is 0 Å². The number of aromatic nitrogens is 4. The summed E-state index contributed by atoms with van der Waals surface area (Å²) in [5, 5.41) is 8.49. The Kier molecular flexibility index (Phi) is 8.12. The summed E-state index contributed by atoms with van der Waals surface area (Å²) in [7, 11) is 2.16. The minimum atomic E-state index is -0.448. The number of hydrogen-bond acceptors (Lipinski definition) is 9. The Morgan fingerprint density at radius 3 is 2.77 bits per heavy atom. The first-order valence-electron chi connectivity index (χ1n) is 14.3. The number of benzene rings is 1. The summed E-state index contributed by atoms with van der Waals surface area (Å²) in [5.74, 6) is 0.539. The largest absolute Gasteiger partial charge is 0.462 e. The molecule has 0 spiro atoms. The van der Waals surface area contributed by atoms with Gasteiger partial charge in [-0.05, 0) is 51.4 Å². The molecule has 6 rings (SSSR count). The van der Waals surface area contributed by atoms with Gasteiger partial charge in [0.1, 0.15) is 18.3 Å². The predicted molar refractivity (Wildman–Crippen MR) is 153 cm³/mol. The fourth-order valence-electron chi connectivity index (χ4n) is 6.08. The van der Waals surface area contributed by atoms with Gasteiger partial charge >= 0.3 is 6.01 Å². The fraction of sp³-hybridized carbons (Fsp3) is 0.552. The number of piperazine rings is 1. The molecular formula is C29H39FN8O2. The highest BCUT2D eigenvalue weighted by atomic mass is 19.1. The molecule has 11 heteroatoms. The van der Waals surface area contributed by atoms with Gasteiger partial charge in [-0.3, -0.25) is 10.00 Å². The molecule has 1 aromatic carbocycles. The van der Waals surface area contributed by atoms with Crippen molar-refractivity contribution >= 4 is 22.4 Å². The normalized spacial score (nSPS) is 20.6. The Labute approximate surface area is 234 Å². The van der Waals surface area contributed by atoms with Crippen LogP contribution in [0.2, 0.25) is 0 Å². The minimum absolute atomic E-state index is 0.0560. The van der Waals surface area contributed by atoms with Crippen LogP contribution < -0.4 is 14.5 Å². The lowest BCUT2D eigenvalue weighted by atomic mass is 10.1. The number of aromatic amines is 1. The van der Waals surface area contributed by atoms with E-state index in [0.29, 0.717) is 31.9 Å². The SMILES string of the molecule is C=C(F)COCN1CCN(c2nc(OC[C@@H]3CCCN3C)nc3c2CCCN(c2cccc4[nH]ncc24)C3)CC1. The molecule has 2 saturated heterocycles. The summed E-state index contributed by atoms with van der Waals surface area (Å²) >= 11 is 0. The zero-order chi connectivity index (χ0) is 27.5. The van der Waals surface area contributed by atoms with Crippen molar-refractivity contribution < 1.29 is 13.9 Å². The van der Waals surface area contributed by atoms with Crippen molar-refractivity contribution in [1.29, 1.82) is 0 Å². The van der Waals surface area contributed by atoms with Crippen molar-refractivity contribution in [1.82, 2.24) is 30.0 Å². The van der Waals surface area contributed by atoms with E-state index in [1.54, 1.807) is 0 Å². The van der Waals surface area contributed by atoms with Crippen LogP contribution in [0.5, 0.6) is 6.01 Å². The van der Waals surface area contributed by atoms with Crippen LogP contribution in [0.3, 0.4) is 0 Å². The molecular weight excluding hydrogens is 511 g/mol. The first kappa shape index (κ1) is 26.9. The highest BCUT2D eigenvalue weighted by Gasteiger charge is 2.28. The van der Waals surface area contributed by atoms with E-state index in [9.17, 15) is 4.39 Å². The molecule has 3 aliphatic heterocycles. The molecule has 0 radical (unpaired) electrons. The van der Waals surface area contributed by atoms with Gasteiger partial charge in [0.05, 0.1) is 37.3 Å². The fourth-order valence-corrected chi connectivity index (χ4v) is 6.08. The summed E-state index contributed by atoms with van der Waals surface area (Å²) in [6.07, 6.45) is 6.15. The Hall–Kier alpha value is -3.28. The highest BCUT2D eigenvalue weighted by Crippen LogP contribution is 2.33. The summed E-state index contributed by atoms with van der Waals surface area (Å²) in [5.41, 5.74) is 4.45. The number of H-pyrrole nitrogens is 1. The van der Waals surface area contributed by atoms with Crippen molar-refractivity contribution in [3.05, 3.63) is 48.1 Å². The topological polar surface area (TPSA) is 85.9 Å². The van der Waals surface area contributed by atoms with Crippen molar-refractivity contribution in [2.75, 3.05) is 76.1 Å². The van der Waals surface area contributed by atoms with E-state index >= 15 is 0 Å². The minimum Gasteiger partial charge on any atom is -0.462 e. The van der Waals surface area contributed by atoms with Gasteiger partial charge < -0.3 is 24.2 Å². The lowest BCUT2D eigenvalue weighted by Crippen LogP contribution is -2.47. The van der Waals surface area contributed by atoms with E-state index < -0.39 is 5.83 Å². The van der Waals surface area contributed by atoms with Crippen LogP contribution in [-0.4, -0.2) is 102 Å². The Bertz CT molecular complexity index is 1320. The van der Waals surface area contributed by atoms with Gasteiger partial charge in [-0.15, -0.1) is 0 Å². The second-order valence-corrected chi connectivity index (χ2v) is 11.1. The number of nitrogens with one attached hydrogen (secondary N) is 1. The maximum absolute atomic E-state index is 13.0. The monoisotopic (exact) mass is 550 g/mol. The van der Waals surface area contributed by atoms with Crippen LogP contribution in [0.1, 0.15) is 30.5 Å². The zero-order valence-corrected chi connectivity index (χ0v) is 23.3. The van der Waals surface area contributed by atoms with E-state index in [-0.39, 0.29) is 6.61 Å². The predicted octanol–water partition coefficient (Wildman–Crippen LogP) is 3.36. The number of hydrogen-bond donors (Lipinski definition) is 1. The molecule has 1 N–H and O–H groups in total. The molecule has 3 aliphatic rings. The first-order chi connectivity index (χ1) is 19.5. The van der Waals surface area contributed by atoms with Crippen LogP contribution >= 0.6 is 0 Å². The number of anilines is 2. The van der Waals surface area contributed by atoms with Gasteiger partial charge in [0.25, 0.3) is 0 Å². The average molecular weight is 551 g/mol. The van der Waals surface area contributed by atoms with Gasteiger partial charge in [-0.1, -0.05) is 12.6 Å². The first-order valence-corrected chi connectivity index (χ1v) is 14.3. The van der Waals surface area contributed by atoms with E-state index in [2.05, 4.69) is 61.6 Å². The molecule has 2 fully saturated rings. The molecule has 0 aliphatic carbocycles. The second kappa shape index (κ2) is 12.1. The van der Waals surface area contributed by atoms with Crippen molar-refractivity contribution in [3.8, 4) is 6.01 Å². The lowest BCUT2D eigenvalue weighted by Gasteiger charge is -2.36. The quantitative estimate of drug-likeness (QED) is 0.431. The third kappa shape index (κ3) is 5.91. The molecule has 0 amide bonds. The standard InChI is InChI=1S/C29H39FN8O2/c1-21(30)18-39-20-36-12-14-37(15-13-36)28-23-7-5-11-38(27-9-3-8-25-24(27)16-31-34-25)17-26(23)32-29(33-28)40-19-22-6-4-10-35(22)2/h3,8-9,16,22H,1,4-7,10-15,17-20H2,2H3,(H,31,34)/t22-/m0/s1. The smallest absolute Gasteiger partial charge is 0.318 e. The molecule has 3 aromatic rings. The Morgan fingerprint density at radius 2 is 1.98 bits per heavy atom. The van der Waals surface area contributed by atoms with Crippen molar-refractivity contribution in [2.24, 2.45) is 0 Å². The maximum Gasteiger partial charge on any atom is 0.318 e. The van der Waals surface area contributed by atoms with Gasteiger partial charge in [0, 0.05) is 55.4 Å². The third-order valence-electron chi connectivity index (χ3n) is 8.33. The van der Waals surface area contributed by atoms with Crippen molar-refractivity contribution in [3.63, 3.8) is 0 Å². The summed E-state index contributed by atoms with van der Waals surface area (Å²) < 4.78 is 24.7. The third-order valence-corrected chi connectivity index (χ3v) is 8.33. The van der Waals surface area contributed by atoms with Crippen LogP contribution in [0.15, 0.2) is 36.8 Å². The summed E-state index contributed by atoms with van der Waals surface area (Å²) in [6.45, 7) is 10.2. The van der Waals surface area contributed by atoms with E-state index in [1.807, 2.05) is 6.20 Å². The molecule has 1 atom stereocenters. The zero-order valence-electron chi connectivity index (χ0n) is 23.3. The summed E-state index contributed by atoms with van der Waals surface area (Å²) in [6, 6.07) is 7.15. The van der Waals surface area contributed by atoms with Crippen LogP contribution in [-0.2, 0) is 17.7 Å². The number of halogens is 1. The molecule has 5 heterocycles. The van der Waals surface area contributed by atoms with Crippen LogP contribution in [0.4, 0.5) is 15.9 Å². The number of likely N-dealkylation sites (tertiary alicyclic amines) is 1. The molecule has 214 valence electrons. The molecule has 2 aromatic heterocycles. The van der Waals surface area contributed by atoms with Gasteiger partial charge in [-0.25, -0.2) is 4.39 Å². The number of rotatable bonds is 9. The molecule has 40 heavy (non-hydrogen) atoms. The summed E-state index contributed by atoms with van der Waals surface area (Å²) in [4.78, 5) is 19.3. The van der Waals surface area contributed by atoms with Crippen LogP contribution in [0.25, 0.3) is 10.9 Å². The number of nitrogens with zero attached hydrogens (tertiary/aromatic N) is 7. The van der Waals surface area contributed by atoms with Gasteiger partial charge in [0.15, 0.2) is 0 Å². The van der Waals surface area contributed by atoms with E-state index in [0.717, 1.165) is 80.9 Å². The number of likely N-dealkylation sites (N-methyl/N-ethyl adjacent to an activating group) is 1. The number of ether oxygens (including phenoxy) is 2. The van der Waals surface area contributed by atoms with Crippen molar-refractivity contribution in [2.45, 2.75) is 38.3 Å². The highest BCUT2D eigenvalue weighted by molar-refractivity contribution is 5.91. The van der Waals surface area contributed by atoms with E-state index in [4.69, 9.17) is 19.4 Å². The molecule has 10 nitrogen and oxygen atoms in total. The number of fused-ring (bicyclic) bond motifs is 2.